The number of nitrogens with zero attached hydrogens (tertiary/aromatic N) is 1. The second-order valence-electron chi connectivity index (χ2n) is 4.71. The molecule has 18 heavy (non-hydrogen) atoms. The Bertz CT molecular complexity index is 425. The number of benzene rings is 1. The third kappa shape index (κ3) is 3.63. The molecule has 0 unspecified atom stereocenters. The monoisotopic (exact) mass is 243 g/mol. The fourth-order valence-corrected chi connectivity index (χ4v) is 1.83. The van der Waals surface area contributed by atoms with Gasteiger partial charge in [0, 0.05) is 12.1 Å². The molecule has 0 saturated carbocycles. The van der Waals surface area contributed by atoms with Crippen LogP contribution in [0.1, 0.15) is 49.0 Å². The minimum atomic E-state index is 0.0186. The number of terminal acetylenes is 1. The largest absolute Gasteiger partial charge is 0.328 e. The maximum absolute atomic E-state index is 12.2. The van der Waals surface area contributed by atoms with Crippen LogP contribution in [0.2, 0.25) is 0 Å². The lowest BCUT2D eigenvalue weighted by atomic mass is 10.0. The molecule has 0 bridgehead atoms. The van der Waals surface area contributed by atoms with Crippen LogP contribution >= 0.6 is 0 Å². The van der Waals surface area contributed by atoms with Crippen LogP contribution in [0.25, 0.3) is 0 Å². The molecular weight excluding hydrogens is 222 g/mol. The Labute approximate surface area is 110 Å². The second-order valence-corrected chi connectivity index (χ2v) is 4.71. The number of carbonyl (C=O) groups is 1. The molecule has 2 nitrogen and oxygen atoms in total. The van der Waals surface area contributed by atoms with Crippen molar-refractivity contribution < 1.29 is 4.79 Å². The molecule has 0 aromatic heterocycles. The van der Waals surface area contributed by atoms with Crippen molar-refractivity contribution >= 4 is 5.91 Å². The summed E-state index contributed by atoms with van der Waals surface area (Å²) in [5.74, 6) is 3.03. The zero-order valence-corrected chi connectivity index (χ0v) is 11.4. The minimum Gasteiger partial charge on any atom is -0.328 e. The van der Waals surface area contributed by atoms with Gasteiger partial charge in [-0.2, -0.15) is 0 Å². The molecule has 0 aliphatic carbocycles. The Hall–Kier alpha value is -1.75. The maximum atomic E-state index is 12.2. The van der Waals surface area contributed by atoms with Crippen molar-refractivity contribution in [3.8, 4) is 12.3 Å². The van der Waals surface area contributed by atoms with E-state index in [-0.39, 0.29) is 5.91 Å². The van der Waals surface area contributed by atoms with Gasteiger partial charge in [0.2, 0.25) is 0 Å². The number of carbonyl (C=O) groups excluding carboxylic acids is 1. The minimum absolute atomic E-state index is 0.0186. The van der Waals surface area contributed by atoms with E-state index in [9.17, 15) is 4.79 Å². The standard InChI is InChI=1S/C16H21NO/c1-5-11-17(12-6-2)16(18)15-9-7-14(8-10-15)13(3)4/h1,7-10,13H,6,11-12H2,2-4H3. The van der Waals surface area contributed by atoms with Crippen LogP contribution in [0.3, 0.4) is 0 Å². The zero-order chi connectivity index (χ0) is 13.5. The predicted octanol–water partition coefficient (Wildman–Crippen LogP) is 3.30. The molecule has 0 atom stereocenters. The molecule has 0 saturated heterocycles. The van der Waals surface area contributed by atoms with Gasteiger partial charge in [0.15, 0.2) is 0 Å². The smallest absolute Gasteiger partial charge is 0.254 e. The summed E-state index contributed by atoms with van der Waals surface area (Å²) in [7, 11) is 0. The second kappa shape index (κ2) is 6.86. The average molecular weight is 243 g/mol. The van der Waals surface area contributed by atoms with Gasteiger partial charge in [-0.05, 0) is 30.0 Å². The van der Waals surface area contributed by atoms with E-state index in [2.05, 4.69) is 19.8 Å². The van der Waals surface area contributed by atoms with Crippen molar-refractivity contribution in [1.29, 1.82) is 0 Å². The lowest BCUT2D eigenvalue weighted by molar-refractivity contribution is 0.0777. The van der Waals surface area contributed by atoms with Gasteiger partial charge in [0.1, 0.15) is 0 Å². The normalized spacial score (nSPS) is 10.2. The molecule has 0 N–H and O–H groups in total. The quantitative estimate of drug-likeness (QED) is 0.727. The number of rotatable bonds is 5. The summed E-state index contributed by atoms with van der Waals surface area (Å²) in [5.41, 5.74) is 1.95. The molecule has 0 fully saturated rings. The third-order valence-electron chi connectivity index (χ3n) is 2.89. The number of hydrogen-bond donors (Lipinski definition) is 0. The highest BCUT2D eigenvalue weighted by Crippen LogP contribution is 2.15. The summed E-state index contributed by atoms with van der Waals surface area (Å²) in [6.07, 6.45) is 6.21. The van der Waals surface area contributed by atoms with Crippen molar-refractivity contribution in [2.45, 2.75) is 33.1 Å². The van der Waals surface area contributed by atoms with Gasteiger partial charge >= 0.3 is 0 Å². The molecule has 0 radical (unpaired) electrons. The molecule has 1 amide bonds. The van der Waals surface area contributed by atoms with Crippen LogP contribution in [-0.4, -0.2) is 23.9 Å². The first-order valence-electron chi connectivity index (χ1n) is 6.42. The zero-order valence-electron chi connectivity index (χ0n) is 11.4. The van der Waals surface area contributed by atoms with Gasteiger partial charge in [-0.1, -0.05) is 38.8 Å². The fourth-order valence-electron chi connectivity index (χ4n) is 1.83. The highest BCUT2D eigenvalue weighted by atomic mass is 16.2. The van der Waals surface area contributed by atoms with Crippen LogP contribution in [0.15, 0.2) is 24.3 Å². The molecule has 0 aliphatic rings. The summed E-state index contributed by atoms with van der Waals surface area (Å²) in [4.78, 5) is 13.9. The van der Waals surface area contributed by atoms with Gasteiger partial charge in [-0.15, -0.1) is 6.42 Å². The van der Waals surface area contributed by atoms with Crippen molar-refractivity contribution in [2.24, 2.45) is 0 Å². The third-order valence-corrected chi connectivity index (χ3v) is 2.89. The molecule has 0 spiro atoms. The molecule has 0 aliphatic heterocycles. The van der Waals surface area contributed by atoms with E-state index in [1.807, 2.05) is 31.2 Å². The molecule has 1 rings (SSSR count). The van der Waals surface area contributed by atoms with Gasteiger partial charge in [0.25, 0.3) is 5.91 Å². The van der Waals surface area contributed by atoms with Gasteiger partial charge < -0.3 is 4.90 Å². The average Bonchev–Trinajstić information content (AvgIpc) is 2.38. The number of hydrogen-bond acceptors (Lipinski definition) is 1. The Morgan fingerprint density at radius 1 is 1.33 bits per heavy atom. The summed E-state index contributed by atoms with van der Waals surface area (Å²) in [6, 6.07) is 7.80. The Morgan fingerprint density at radius 2 is 1.94 bits per heavy atom. The van der Waals surface area contributed by atoms with Gasteiger partial charge in [0.05, 0.1) is 6.54 Å². The summed E-state index contributed by atoms with van der Waals surface area (Å²) >= 11 is 0. The van der Waals surface area contributed by atoms with E-state index in [1.54, 1.807) is 4.90 Å². The molecular formula is C16H21NO. The lowest BCUT2D eigenvalue weighted by Gasteiger charge is -2.19. The first-order valence-corrected chi connectivity index (χ1v) is 6.42. The summed E-state index contributed by atoms with van der Waals surface area (Å²) in [6.45, 7) is 7.39. The maximum Gasteiger partial charge on any atom is 0.254 e. The van der Waals surface area contributed by atoms with Crippen molar-refractivity contribution in [1.82, 2.24) is 4.90 Å². The first kappa shape index (κ1) is 14.3. The van der Waals surface area contributed by atoms with Gasteiger partial charge in [-0.25, -0.2) is 0 Å². The fraction of sp³-hybridized carbons (Fsp3) is 0.438. The van der Waals surface area contributed by atoms with Crippen LogP contribution in [0.4, 0.5) is 0 Å². The SMILES string of the molecule is C#CCN(CCC)C(=O)c1ccc(C(C)C)cc1. The van der Waals surface area contributed by atoms with E-state index in [1.165, 1.54) is 5.56 Å². The highest BCUT2D eigenvalue weighted by Gasteiger charge is 2.13. The van der Waals surface area contributed by atoms with E-state index in [4.69, 9.17) is 6.42 Å². The van der Waals surface area contributed by atoms with E-state index >= 15 is 0 Å². The molecule has 2 heteroatoms. The predicted molar refractivity (Wildman–Crippen MR) is 75.6 cm³/mol. The van der Waals surface area contributed by atoms with Gasteiger partial charge in [-0.3, -0.25) is 4.79 Å². The Morgan fingerprint density at radius 3 is 2.39 bits per heavy atom. The van der Waals surface area contributed by atoms with Crippen LogP contribution in [0.5, 0.6) is 0 Å². The van der Waals surface area contributed by atoms with Crippen molar-refractivity contribution in [3.05, 3.63) is 35.4 Å². The first-order chi connectivity index (χ1) is 8.60. The molecule has 1 aromatic carbocycles. The molecule has 96 valence electrons. The molecule has 0 heterocycles. The Balaban J connectivity index is 2.85. The Kier molecular flexibility index (Phi) is 5.45. The van der Waals surface area contributed by atoms with Crippen LogP contribution in [0, 0.1) is 12.3 Å². The van der Waals surface area contributed by atoms with E-state index in [0.717, 1.165) is 6.42 Å². The van der Waals surface area contributed by atoms with E-state index < -0.39 is 0 Å². The van der Waals surface area contributed by atoms with Crippen LogP contribution < -0.4 is 0 Å². The lowest BCUT2D eigenvalue weighted by Crippen LogP contribution is -2.32. The van der Waals surface area contributed by atoms with Crippen molar-refractivity contribution in [2.75, 3.05) is 13.1 Å². The van der Waals surface area contributed by atoms with E-state index in [0.29, 0.717) is 24.6 Å². The summed E-state index contributed by atoms with van der Waals surface area (Å²) < 4.78 is 0. The summed E-state index contributed by atoms with van der Waals surface area (Å²) in [5, 5.41) is 0. The topological polar surface area (TPSA) is 20.3 Å². The highest BCUT2D eigenvalue weighted by molar-refractivity contribution is 5.94. The van der Waals surface area contributed by atoms with Crippen molar-refractivity contribution in [3.63, 3.8) is 0 Å². The molecule has 1 aromatic rings. The van der Waals surface area contributed by atoms with Crippen LogP contribution in [-0.2, 0) is 0 Å². The number of amides is 1.